The molecule has 1 heteroatoms. The topological polar surface area (TPSA) is 0 Å². The van der Waals surface area contributed by atoms with E-state index < -0.39 is 0 Å². The predicted octanol–water partition coefficient (Wildman–Crippen LogP) is 4.37. The Morgan fingerprint density at radius 1 is 1.13 bits per heavy atom. The molecule has 0 amide bonds. The second-order valence-electron chi connectivity index (χ2n) is 3.57. The van der Waals surface area contributed by atoms with Gasteiger partial charge in [-0.2, -0.15) is 0 Å². The van der Waals surface area contributed by atoms with E-state index in [4.69, 9.17) is 0 Å². The van der Waals surface area contributed by atoms with Gasteiger partial charge in [0.15, 0.2) is 0 Å². The van der Waals surface area contributed by atoms with Crippen LogP contribution in [-0.4, -0.2) is 0 Å². The molecule has 0 aliphatic rings. The maximum absolute atomic E-state index is 3.93. The lowest BCUT2D eigenvalue weighted by Crippen LogP contribution is -1.93. The number of thiophene rings is 1. The van der Waals surface area contributed by atoms with Crippen molar-refractivity contribution in [1.82, 2.24) is 0 Å². The van der Waals surface area contributed by atoms with Crippen LogP contribution < -0.4 is 0 Å². The first-order valence-corrected chi connectivity index (χ1v) is 5.87. The highest BCUT2D eigenvalue weighted by Crippen LogP contribution is 2.30. The molecule has 0 saturated carbocycles. The number of benzene rings is 1. The number of rotatable bonds is 3. The fourth-order valence-corrected chi connectivity index (χ4v) is 2.70. The van der Waals surface area contributed by atoms with Gasteiger partial charge in [-0.05, 0) is 24.6 Å². The fraction of sp³-hybridized carbons (Fsp3) is 0.143. The fourth-order valence-electron chi connectivity index (χ4n) is 1.70. The zero-order chi connectivity index (χ0) is 10.7. The van der Waals surface area contributed by atoms with Crippen LogP contribution in [0.2, 0.25) is 0 Å². The number of hydrogen-bond donors (Lipinski definition) is 0. The largest absolute Gasteiger partial charge is 0.145 e. The molecule has 2 aromatic rings. The third-order valence-corrected chi connectivity index (χ3v) is 3.55. The SMILES string of the molecule is C=C[C@H](c1ccccc1)c1ccc(C)s1. The zero-order valence-electron chi connectivity index (χ0n) is 8.81. The third kappa shape index (κ3) is 2.18. The van der Waals surface area contributed by atoms with Gasteiger partial charge >= 0.3 is 0 Å². The lowest BCUT2D eigenvalue weighted by Gasteiger charge is -2.10. The van der Waals surface area contributed by atoms with E-state index >= 15 is 0 Å². The standard InChI is InChI=1S/C14H14S/c1-3-13(12-7-5-4-6-8-12)14-10-9-11(2)15-14/h3-10,13H,1H2,2H3/t13-/m1/s1. The first-order valence-electron chi connectivity index (χ1n) is 5.05. The molecule has 0 bridgehead atoms. The van der Waals surface area contributed by atoms with Crippen molar-refractivity contribution in [2.24, 2.45) is 0 Å². The molecule has 2 rings (SSSR count). The van der Waals surface area contributed by atoms with Gasteiger partial charge in [0.25, 0.3) is 0 Å². The predicted molar refractivity (Wildman–Crippen MR) is 67.5 cm³/mol. The number of hydrogen-bond acceptors (Lipinski definition) is 1. The maximum Gasteiger partial charge on any atom is 0.0361 e. The molecular weight excluding hydrogens is 200 g/mol. The van der Waals surface area contributed by atoms with E-state index in [0.717, 1.165) is 0 Å². The Kier molecular flexibility index (Phi) is 3.02. The average molecular weight is 214 g/mol. The molecule has 0 aliphatic heterocycles. The molecule has 76 valence electrons. The zero-order valence-corrected chi connectivity index (χ0v) is 9.63. The summed E-state index contributed by atoms with van der Waals surface area (Å²) in [6, 6.07) is 14.9. The van der Waals surface area contributed by atoms with Gasteiger partial charge in [0.1, 0.15) is 0 Å². The van der Waals surface area contributed by atoms with Crippen molar-refractivity contribution in [3.05, 3.63) is 70.4 Å². The van der Waals surface area contributed by atoms with Gasteiger partial charge < -0.3 is 0 Å². The lowest BCUT2D eigenvalue weighted by atomic mass is 9.98. The summed E-state index contributed by atoms with van der Waals surface area (Å²) >= 11 is 1.84. The molecule has 15 heavy (non-hydrogen) atoms. The monoisotopic (exact) mass is 214 g/mol. The summed E-state index contributed by atoms with van der Waals surface area (Å²) in [6.07, 6.45) is 2.01. The van der Waals surface area contributed by atoms with E-state index in [-0.39, 0.29) is 0 Å². The third-order valence-electron chi connectivity index (χ3n) is 2.46. The van der Waals surface area contributed by atoms with Crippen molar-refractivity contribution in [2.75, 3.05) is 0 Å². The number of aryl methyl sites for hydroxylation is 1. The highest BCUT2D eigenvalue weighted by atomic mass is 32.1. The first kappa shape index (κ1) is 10.2. The van der Waals surface area contributed by atoms with Crippen LogP contribution >= 0.6 is 11.3 Å². The van der Waals surface area contributed by atoms with Crippen LogP contribution in [0, 0.1) is 6.92 Å². The van der Waals surface area contributed by atoms with E-state index in [1.54, 1.807) is 0 Å². The summed E-state index contributed by atoms with van der Waals surface area (Å²) in [5, 5.41) is 0. The van der Waals surface area contributed by atoms with Crippen molar-refractivity contribution >= 4 is 11.3 Å². The van der Waals surface area contributed by atoms with Crippen molar-refractivity contribution < 1.29 is 0 Å². The van der Waals surface area contributed by atoms with Crippen LogP contribution in [0.1, 0.15) is 21.2 Å². The van der Waals surface area contributed by atoms with Crippen LogP contribution in [0.4, 0.5) is 0 Å². The quantitative estimate of drug-likeness (QED) is 0.665. The number of allylic oxidation sites excluding steroid dienone is 1. The molecule has 0 unspecified atom stereocenters. The first-order chi connectivity index (χ1) is 7.31. The molecular formula is C14H14S. The summed E-state index contributed by atoms with van der Waals surface area (Å²) < 4.78 is 0. The van der Waals surface area contributed by atoms with E-state index in [1.807, 2.05) is 23.5 Å². The van der Waals surface area contributed by atoms with Gasteiger partial charge in [-0.15, -0.1) is 17.9 Å². The highest BCUT2D eigenvalue weighted by molar-refractivity contribution is 7.12. The minimum atomic E-state index is 0.338. The maximum atomic E-state index is 3.93. The summed E-state index contributed by atoms with van der Waals surface area (Å²) in [4.78, 5) is 2.72. The van der Waals surface area contributed by atoms with E-state index in [0.29, 0.717) is 5.92 Å². The highest BCUT2D eigenvalue weighted by Gasteiger charge is 2.11. The van der Waals surface area contributed by atoms with Crippen molar-refractivity contribution in [3.63, 3.8) is 0 Å². The van der Waals surface area contributed by atoms with Gasteiger partial charge in [0, 0.05) is 15.7 Å². The minimum absolute atomic E-state index is 0.338. The Bertz CT molecular complexity index is 439. The Morgan fingerprint density at radius 2 is 1.87 bits per heavy atom. The van der Waals surface area contributed by atoms with Crippen LogP contribution in [0.25, 0.3) is 0 Å². The Balaban J connectivity index is 2.37. The lowest BCUT2D eigenvalue weighted by molar-refractivity contribution is 1.06. The van der Waals surface area contributed by atoms with E-state index in [9.17, 15) is 0 Å². The molecule has 0 nitrogen and oxygen atoms in total. The van der Waals surface area contributed by atoms with Gasteiger partial charge in [0.05, 0.1) is 0 Å². The van der Waals surface area contributed by atoms with Gasteiger partial charge in [0.2, 0.25) is 0 Å². The Hall–Kier alpha value is -1.34. The molecule has 0 radical (unpaired) electrons. The van der Waals surface area contributed by atoms with Crippen LogP contribution in [-0.2, 0) is 0 Å². The van der Waals surface area contributed by atoms with Crippen molar-refractivity contribution in [3.8, 4) is 0 Å². The van der Waals surface area contributed by atoms with Crippen LogP contribution in [0.5, 0.6) is 0 Å². The molecule has 0 saturated heterocycles. The molecule has 0 aliphatic carbocycles. The molecule has 0 N–H and O–H groups in total. The summed E-state index contributed by atoms with van der Waals surface area (Å²) in [7, 11) is 0. The van der Waals surface area contributed by atoms with Crippen molar-refractivity contribution in [1.29, 1.82) is 0 Å². The molecule has 1 aromatic heterocycles. The van der Waals surface area contributed by atoms with E-state index in [1.165, 1.54) is 15.3 Å². The second kappa shape index (κ2) is 4.45. The van der Waals surface area contributed by atoms with Gasteiger partial charge in [-0.1, -0.05) is 36.4 Å². The van der Waals surface area contributed by atoms with Crippen molar-refractivity contribution in [2.45, 2.75) is 12.8 Å². The molecule has 0 fully saturated rings. The molecule has 1 aromatic carbocycles. The van der Waals surface area contributed by atoms with E-state index in [2.05, 4.69) is 49.9 Å². The van der Waals surface area contributed by atoms with Crippen LogP contribution in [0.15, 0.2) is 55.1 Å². The Morgan fingerprint density at radius 3 is 2.40 bits per heavy atom. The summed E-state index contributed by atoms with van der Waals surface area (Å²) in [5.74, 6) is 0.338. The summed E-state index contributed by atoms with van der Waals surface area (Å²) in [6.45, 7) is 6.07. The van der Waals surface area contributed by atoms with Crippen LogP contribution in [0.3, 0.4) is 0 Å². The minimum Gasteiger partial charge on any atom is -0.145 e. The smallest absolute Gasteiger partial charge is 0.0361 e. The average Bonchev–Trinajstić information content (AvgIpc) is 2.68. The summed E-state index contributed by atoms with van der Waals surface area (Å²) in [5.41, 5.74) is 1.31. The Labute approximate surface area is 94.9 Å². The normalized spacial score (nSPS) is 12.3. The second-order valence-corrected chi connectivity index (χ2v) is 4.89. The molecule has 1 heterocycles. The molecule has 1 atom stereocenters. The molecule has 0 spiro atoms. The van der Waals surface area contributed by atoms with Gasteiger partial charge in [-0.25, -0.2) is 0 Å². The van der Waals surface area contributed by atoms with Gasteiger partial charge in [-0.3, -0.25) is 0 Å².